The van der Waals surface area contributed by atoms with E-state index in [1.54, 1.807) is 0 Å². The van der Waals surface area contributed by atoms with Crippen molar-refractivity contribution in [2.45, 2.75) is 32.6 Å². The second-order valence-electron chi connectivity index (χ2n) is 3.59. The van der Waals surface area contributed by atoms with Gasteiger partial charge in [-0.25, -0.2) is 15.0 Å². The number of aromatic nitrogens is 4. The number of nitrogens with two attached hydrogens (primary N) is 1. The number of nitrogen functional groups attached to an aromatic ring is 1. The first-order valence-corrected chi connectivity index (χ1v) is 5.22. The van der Waals surface area contributed by atoms with E-state index in [1.165, 1.54) is 6.33 Å². The summed E-state index contributed by atoms with van der Waals surface area (Å²) in [5.74, 6) is 1.87. The molecule has 2 aromatic heterocycles. The lowest BCUT2D eigenvalue weighted by molar-refractivity contribution is 0.611. The van der Waals surface area contributed by atoms with Gasteiger partial charge in [0.2, 0.25) is 0 Å². The van der Waals surface area contributed by atoms with E-state index in [2.05, 4.69) is 33.8 Å². The van der Waals surface area contributed by atoms with Crippen molar-refractivity contribution in [2.75, 3.05) is 5.73 Å². The average molecular weight is 205 g/mol. The Balaban J connectivity index is 2.51. The van der Waals surface area contributed by atoms with Crippen LogP contribution in [0.2, 0.25) is 0 Å². The number of nitrogens with zero attached hydrogens (tertiary/aromatic N) is 3. The van der Waals surface area contributed by atoms with Gasteiger partial charge in [0.05, 0.1) is 0 Å². The van der Waals surface area contributed by atoms with Crippen LogP contribution in [-0.2, 0) is 0 Å². The number of H-pyrrole nitrogens is 1. The van der Waals surface area contributed by atoms with E-state index in [-0.39, 0.29) is 0 Å². The molecule has 0 fully saturated rings. The van der Waals surface area contributed by atoms with Gasteiger partial charge >= 0.3 is 0 Å². The third kappa shape index (κ3) is 1.65. The lowest BCUT2D eigenvalue weighted by atomic mass is 10.0. The third-order valence-electron chi connectivity index (χ3n) is 2.71. The van der Waals surface area contributed by atoms with Gasteiger partial charge in [-0.15, -0.1) is 0 Å². The summed E-state index contributed by atoms with van der Waals surface area (Å²) in [5.41, 5.74) is 7.14. The monoisotopic (exact) mass is 205 g/mol. The number of rotatable bonds is 3. The molecule has 2 aromatic rings. The molecular weight excluding hydrogens is 190 g/mol. The molecule has 15 heavy (non-hydrogen) atoms. The molecule has 0 aromatic carbocycles. The minimum absolute atomic E-state index is 0.443. The van der Waals surface area contributed by atoms with Crippen molar-refractivity contribution >= 4 is 17.0 Å². The zero-order valence-electron chi connectivity index (χ0n) is 8.99. The number of fused-ring (bicyclic) bond motifs is 1. The van der Waals surface area contributed by atoms with Gasteiger partial charge in [-0.3, -0.25) is 0 Å². The van der Waals surface area contributed by atoms with Crippen LogP contribution in [0.1, 0.15) is 38.4 Å². The Morgan fingerprint density at radius 2 is 2.07 bits per heavy atom. The average Bonchev–Trinajstić information content (AvgIpc) is 2.65. The molecule has 0 aliphatic rings. The van der Waals surface area contributed by atoms with Crippen molar-refractivity contribution in [3.8, 4) is 0 Å². The fourth-order valence-corrected chi connectivity index (χ4v) is 1.73. The van der Waals surface area contributed by atoms with E-state index < -0.39 is 0 Å². The summed E-state index contributed by atoms with van der Waals surface area (Å²) >= 11 is 0. The maximum absolute atomic E-state index is 5.73. The molecule has 0 spiro atoms. The van der Waals surface area contributed by atoms with Gasteiger partial charge < -0.3 is 10.7 Å². The topological polar surface area (TPSA) is 80.5 Å². The number of hydrogen-bond donors (Lipinski definition) is 2. The number of imidazole rings is 1. The first-order valence-electron chi connectivity index (χ1n) is 5.22. The van der Waals surface area contributed by atoms with Crippen LogP contribution in [0.4, 0.5) is 5.82 Å². The first-order chi connectivity index (χ1) is 7.26. The maximum atomic E-state index is 5.73. The molecule has 80 valence electrons. The molecule has 2 heterocycles. The van der Waals surface area contributed by atoms with Crippen LogP contribution in [0.3, 0.4) is 0 Å². The van der Waals surface area contributed by atoms with E-state index in [4.69, 9.17) is 5.73 Å². The minimum atomic E-state index is 0.443. The molecule has 0 radical (unpaired) electrons. The van der Waals surface area contributed by atoms with Crippen LogP contribution in [0.15, 0.2) is 6.33 Å². The SMILES string of the molecule is CCC(CC)c1nc2ncnc(N)c2[nH]1. The van der Waals surface area contributed by atoms with Crippen LogP contribution in [-0.4, -0.2) is 19.9 Å². The zero-order valence-corrected chi connectivity index (χ0v) is 8.99. The molecule has 5 nitrogen and oxygen atoms in total. The summed E-state index contributed by atoms with van der Waals surface area (Å²) in [6.45, 7) is 4.30. The molecule has 0 aliphatic heterocycles. The Labute approximate surface area is 88.1 Å². The molecule has 5 heteroatoms. The van der Waals surface area contributed by atoms with Crippen molar-refractivity contribution < 1.29 is 0 Å². The maximum Gasteiger partial charge on any atom is 0.183 e. The highest BCUT2D eigenvalue weighted by Crippen LogP contribution is 2.23. The highest BCUT2D eigenvalue weighted by Gasteiger charge is 2.13. The van der Waals surface area contributed by atoms with Crippen molar-refractivity contribution in [3.63, 3.8) is 0 Å². The third-order valence-corrected chi connectivity index (χ3v) is 2.71. The lowest BCUT2D eigenvalue weighted by Gasteiger charge is -2.07. The molecule has 3 N–H and O–H groups in total. The molecule has 0 bridgehead atoms. The van der Waals surface area contributed by atoms with Gasteiger partial charge in [0.25, 0.3) is 0 Å². The van der Waals surface area contributed by atoms with Crippen molar-refractivity contribution in [2.24, 2.45) is 0 Å². The van der Waals surface area contributed by atoms with Gasteiger partial charge in [-0.05, 0) is 12.8 Å². The predicted molar refractivity (Wildman–Crippen MR) is 59.4 cm³/mol. The number of anilines is 1. The standard InChI is InChI=1S/C10H15N5/c1-3-6(4-2)9-14-7-8(11)12-5-13-10(7)15-9/h5-6H,3-4H2,1-2H3,(H3,11,12,13,14,15). The summed E-state index contributed by atoms with van der Waals surface area (Å²) < 4.78 is 0. The second-order valence-corrected chi connectivity index (χ2v) is 3.59. The van der Waals surface area contributed by atoms with Crippen molar-refractivity contribution in [1.29, 1.82) is 0 Å². The molecular formula is C10H15N5. The molecule has 0 saturated heterocycles. The molecule has 0 aliphatic carbocycles. The quantitative estimate of drug-likeness (QED) is 0.801. The summed E-state index contributed by atoms with van der Waals surface area (Å²) in [5, 5.41) is 0. The largest absolute Gasteiger partial charge is 0.382 e. The van der Waals surface area contributed by atoms with Crippen molar-refractivity contribution in [3.05, 3.63) is 12.2 Å². The van der Waals surface area contributed by atoms with Crippen LogP contribution >= 0.6 is 0 Å². The van der Waals surface area contributed by atoms with E-state index in [1.807, 2.05) is 0 Å². The van der Waals surface area contributed by atoms with Crippen LogP contribution in [0.25, 0.3) is 11.2 Å². The lowest BCUT2D eigenvalue weighted by Crippen LogP contribution is -1.97. The molecule has 2 rings (SSSR count). The van der Waals surface area contributed by atoms with E-state index >= 15 is 0 Å². The smallest absolute Gasteiger partial charge is 0.183 e. The summed E-state index contributed by atoms with van der Waals surface area (Å²) in [6, 6.07) is 0. The van der Waals surface area contributed by atoms with Gasteiger partial charge in [-0.2, -0.15) is 0 Å². The fourth-order valence-electron chi connectivity index (χ4n) is 1.73. The number of aromatic amines is 1. The first kappa shape index (κ1) is 9.89. The summed E-state index contributed by atoms with van der Waals surface area (Å²) in [7, 11) is 0. The Bertz CT molecular complexity index is 458. The van der Waals surface area contributed by atoms with Gasteiger partial charge in [-0.1, -0.05) is 13.8 Å². The minimum Gasteiger partial charge on any atom is -0.382 e. The highest BCUT2D eigenvalue weighted by molar-refractivity contribution is 5.81. The Kier molecular flexibility index (Phi) is 2.53. The van der Waals surface area contributed by atoms with E-state index in [0.717, 1.165) is 24.2 Å². The van der Waals surface area contributed by atoms with Crippen LogP contribution in [0, 0.1) is 0 Å². The van der Waals surface area contributed by atoms with Gasteiger partial charge in [0.15, 0.2) is 11.5 Å². The normalized spacial score (nSPS) is 11.4. The van der Waals surface area contributed by atoms with Gasteiger partial charge in [0.1, 0.15) is 17.7 Å². The number of nitrogens with one attached hydrogen (secondary N) is 1. The Morgan fingerprint density at radius 1 is 1.33 bits per heavy atom. The van der Waals surface area contributed by atoms with Crippen molar-refractivity contribution in [1.82, 2.24) is 19.9 Å². The van der Waals surface area contributed by atoms with Crippen LogP contribution < -0.4 is 5.73 Å². The molecule has 0 saturated carbocycles. The molecule has 0 amide bonds. The number of hydrogen-bond acceptors (Lipinski definition) is 4. The molecule has 0 atom stereocenters. The summed E-state index contributed by atoms with van der Waals surface area (Å²) in [6.07, 6.45) is 3.56. The summed E-state index contributed by atoms with van der Waals surface area (Å²) in [4.78, 5) is 15.6. The Hall–Kier alpha value is -1.65. The van der Waals surface area contributed by atoms with E-state index in [0.29, 0.717) is 17.4 Å². The van der Waals surface area contributed by atoms with E-state index in [9.17, 15) is 0 Å². The Morgan fingerprint density at radius 3 is 2.67 bits per heavy atom. The predicted octanol–water partition coefficient (Wildman–Crippen LogP) is 1.84. The zero-order chi connectivity index (χ0) is 10.8. The second kappa shape index (κ2) is 3.84. The molecule has 0 unspecified atom stereocenters. The van der Waals surface area contributed by atoms with Gasteiger partial charge in [0, 0.05) is 5.92 Å². The highest BCUT2D eigenvalue weighted by atomic mass is 15.0. The van der Waals surface area contributed by atoms with Crippen LogP contribution in [0.5, 0.6) is 0 Å². The fraction of sp³-hybridized carbons (Fsp3) is 0.500.